The van der Waals surface area contributed by atoms with Gasteiger partial charge in [0.15, 0.2) is 5.82 Å². The molecule has 0 radical (unpaired) electrons. The molecular formula is C11H19ClN4O3. The Bertz CT molecular complexity index is 433. The number of nitrogens with one attached hydrogen (secondary N) is 1. The molecule has 1 amide bonds. The van der Waals surface area contributed by atoms with Crippen LogP contribution in [0, 0.1) is 5.92 Å². The first-order valence-corrected chi connectivity index (χ1v) is 5.60. The van der Waals surface area contributed by atoms with Crippen LogP contribution in [-0.2, 0) is 20.9 Å². The molecule has 0 aromatic carbocycles. The van der Waals surface area contributed by atoms with Crippen LogP contribution >= 0.6 is 12.4 Å². The first-order valence-electron chi connectivity index (χ1n) is 5.60. The van der Waals surface area contributed by atoms with Crippen molar-refractivity contribution in [1.29, 1.82) is 0 Å². The summed E-state index contributed by atoms with van der Waals surface area (Å²) >= 11 is 0. The molecule has 1 aromatic heterocycles. The Balaban J connectivity index is 0.00000324. The molecule has 1 rings (SSSR count). The third-order valence-electron chi connectivity index (χ3n) is 2.61. The quantitative estimate of drug-likeness (QED) is 0.765. The molecule has 0 fully saturated rings. The molecule has 3 N–H and O–H groups in total. The highest BCUT2D eigenvalue weighted by atomic mass is 35.5. The van der Waals surface area contributed by atoms with Gasteiger partial charge in [-0.25, -0.2) is 0 Å². The molecule has 0 aliphatic carbocycles. The third-order valence-corrected chi connectivity index (χ3v) is 2.61. The maximum atomic E-state index is 11.7. The topological polar surface area (TPSA) is 99.2 Å². The maximum absolute atomic E-state index is 11.7. The SMILES string of the molecule is COC(=O)Cn1ccc(NC(=O)C(C)C(C)N)n1.Cl. The number of hydrogen-bond acceptors (Lipinski definition) is 5. The molecule has 0 spiro atoms. The van der Waals surface area contributed by atoms with Crippen LogP contribution in [0.3, 0.4) is 0 Å². The first-order chi connectivity index (χ1) is 8.43. The fourth-order valence-corrected chi connectivity index (χ4v) is 1.19. The number of anilines is 1. The van der Waals surface area contributed by atoms with Gasteiger partial charge in [0.2, 0.25) is 5.91 Å². The number of carbonyl (C=O) groups is 2. The summed E-state index contributed by atoms with van der Waals surface area (Å²) in [6.45, 7) is 3.51. The Morgan fingerprint density at radius 3 is 2.68 bits per heavy atom. The number of hydrogen-bond donors (Lipinski definition) is 2. The monoisotopic (exact) mass is 290 g/mol. The number of rotatable bonds is 5. The number of halogens is 1. The molecule has 19 heavy (non-hydrogen) atoms. The molecule has 7 nitrogen and oxygen atoms in total. The number of nitrogens with zero attached hydrogens (tertiary/aromatic N) is 2. The Morgan fingerprint density at radius 1 is 1.53 bits per heavy atom. The summed E-state index contributed by atoms with van der Waals surface area (Å²) in [5, 5.41) is 6.65. The molecule has 8 heteroatoms. The van der Waals surface area contributed by atoms with Crippen molar-refractivity contribution in [2.24, 2.45) is 11.7 Å². The van der Waals surface area contributed by atoms with Gasteiger partial charge in [0.05, 0.1) is 13.0 Å². The van der Waals surface area contributed by atoms with Crippen molar-refractivity contribution in [1.82, 2.24) is 9.78 Å². The Hall–Kier alpha value is -1.60. The van der Waals surface area contributed by atoms with E-state index in [1.807, 2.05) is 0 Å². The Labute approximate surface area is 117 Å². The van der Waals surface area contributed by atoms with Gasteiger partial charge in [0.1, 0.15) is 6.54 Å². The molecule has 0 bridgehead atoms. The van der Waals surface area contributed by atoms with E-state index in [0.29, 0.717) is 5.82 Å². The molecule has 2 unspecified atom stereocenters. The summed E-state index contributed by atoms with van der Waals surface area (Å²) < 4.78 is 5.90. The van der Waals surface area contributed by atoms with Crippen LogP contribution < -0.4 is 11.1 Å². The zero-order chi connectivity index (χ0) is 13.7. The van der Waals surface area contributed by atoms with Crippen molar-refractivity contribution in [3.8, 4) is 0 Å². The van der Waals surface area contributed by atoms with Crippen molar-refractivity contribution < 1.29 is 14.3 Å². The third kappa shape index (κ3) is 5.27. The Morgan fingerprint density at radius 2 is 2.16 bits per heavy atom. The summed E-state index contributed by atoms with van der Waals surface area (Å²) in [5.74, 6) is -0.527. The van der Waals surface area contributed by atoms with Gasteiger partial charge in [-0.05, 0) is 6.92 Å². The average Bonchev–Trinajstić information content (AvgIpc) is 2.74. The lowest BCUT2D eigenvalue weighted by atomic mass is 10.0. The van der Waals surface area contributed by atoms with Crippen molar-refractivity contribution >= 4 is 30.1 Å². The fraction of sp³-hybridized carbons (Fsp3) is 0.545. The van der Waals surface area contributed by atoms with Gasteiger partial charge in [0, 0.05) is 18.3 Å². The van der Waals surface area contributed by atoms with Crippen LogP contribution in [0.25, 0.3) is 0 Å². The highest BCUT2D eigenvalue weighted by Crippen LogP contribution is 2.07. The van der Waals surface area contributed by atoms with E-state index in [0.717, 1.165) is 0 Å². The number of nitrogens with two attached hydrogens (primary N) is 1. The summed E-state index contributed by atoms with van der Waals surface area (Å²) in [6, 6.07) is 1.37. The highest BCUT2D eigenvalue weighted by Gasteiger charge is 2.17. The van der Waals surface area contributed by atoms with E-state index in [-0.39, 0.29) is 36.8 Å². The minimum atomic E-state index is -0.403. The van der Waals surface area contributed by atoms with Crippen molar-refractivity contribution in [2.45, 2.75) is 26.4 Å². The number of aromatic nitrogens is 2. The van der Waals surface area contributed by atoms with Gasteiger partial charge in [-0.15, -0.1) is 12.4 Å². The molecule has 1 aromatic rings. The summed E-state index contributed by atoms with van der Waals surface area (Å²) in [4.78, 5) is 22.7. The van der Waals surface area contributed by atoms with E-state index in [1.165, 1.54) is 11.8 Å². The molecule has 2 atom stereocenters. The highest BCUT2D eigenvalue weighted by molar-refractivity contribution is 5.91. The average molecular weight is 291 g/mol. The van der Waals surface area contributed by atoms with Gasteiger partial charge < -0.3 is 15.8 Å². The number of ether oxygens (including phenoxy) is 1. The van der Waals surface area contributed by atoms with Gasteiger partial charge >= 0.3 is 5.97 Å². The van der Waals surface area contributed by atoms with E-state index in [9.17, 15) is 9.59 Å². The van der Waals surface area contributed by atoms with Crippen LogP contribution in [0.5, 0.6) is 0 Å². The lowest BCUT2D eigenvalue weighted by Crippen LogP contribution is -2.34. The molecule has 0 aliphatic heterocycles. The standard InChI is InChI=1S/C11H18N4O3.ClH/c1-7(8(2)12)11(17)13-9-4-5-15(14-9)6-10(16)18-3;/h4-5,7-8H,6,12H2,1-3H3,(H,13,14,17);1H. The fourth-order valence-electron chi connectivity index (χ4n) is 1.19. The number of esters is 1. The van der Waals surface area contributed by atoms with Crippen LogP contribution in [0.1, 0.15) is 13.8 Å². The van der Waals surface area contributed by atoms with Crippen LogP contribution in [0.15, 0.2) is 12.3 Å². The number of amides is 1. The molecule has 0 saturated carbocycles. The second-order valence-corrected chi connectivity index (χ2v) is 4.11. The van der Waals surface area contributed by atoms with Crippen LogP contribution in [0.4, 0.5) is 5.82 Å². The van der Waals surface area contributed by atoms with E-state index in [4.69, 9.17) is 5.73 Å². The first kappa shape index (κ1) is 17.4. The summed E-state index contributed by atoms with van der Waals surface area (Å²) in [6.07, 6.45) is 1.59. The maximum Gasteiger partial charge on any atom is 0.327 e. The molecular weight excluding hydrogens is 272 g/mol. The molecule has 1 heterocycles. The number of carbonyl (C=O) groups excluding carboxylic acids is 2. The largest absolute Gasteiger partial charge is 0.468 e. The number of methoxy groups -OCH3 is 1. The van der Waals surface area contributed by atoms with Gasteiger partial charge in [-0.2, -0.15) is 5.10 Å². The normalized spacial score (nSPS) is 13.1. The van der Waals surface area contributed by atoms with Gasteiger partial charge in [-0.3, -0.25) is 14.3 Å². The van der Waals surface area contributed by atoms with Crippen molar-refractivity contribution in [3.05, 3.63) is 12.3 Å². The zero-order valence-corrected chi connectivity index (χ0v) is 11.9. The van der Waals surface area contributed by atoms with Crippen LogP contribution in [-0.4, -0.2) is 34.8 Å². The zero-order valence-electron chi connectivity index (χ0n) is 11.1. The second kappa shape index (κ2) is 7.75. The Kier molecular flexibility index (Phi) is 7.10. The van der Waals surface area contributed by atoms with E-state index < -0.39 is 5.97 Å². The lowest BCUT2D eigenvalue weighted by molar-refractivity contribution is -0.141. The molecule has 0 aliphatic rings. The van der Waals surface area contributed by atoms with Crippen molar-refractivity contribution in [2.75, 3.05) is 12.4 Å². The molecule has 108 valence electrons. The van der Waals surface area contributed by atoms with Gasteiger partial charge in [0.25, 0.3) is 0 Å². The summed E-state index contributed by atoms with van der Waals surface area (Å²) in [7, 11) is 1.30. The predicted octanol–water partition coefficient (Wildman–Crippen LogP) is 0.400. The minimum absolute atomic E-state index is 0. The van der Waals surface area contributed by atoms with E-state index in [2.05, 4.69) is 15.2 Å². The minimum Gasteiger partial charge on any atom is -0.468 e. The molecule has 0 saturated heterocycles. The van der Waals surface area contributed by atoms with E-state index in [1.54, 1.807) is 26.1 Å². The smallest absolute Gasteiger partial charge is 0.327 e. The van der Waals surface area contributed by atoms with E-state index >= 15 is 0 Å². The van der Waals surface area contributed by atoms with Crippen molar-refractivity contribution in [3.63, 3.8) is 0 Å². The predicted molar refractivity (Wildman–Crippen MR) is 72.9 cm³/mol. The second-order valence-electron chi connectivity index (χ2n) is 4.11. The van der Waals surface area contributed by atoms with Gasteiger partial charge in [-0.1, -0.05) is 6.92 Å². The lowest BCUT2D eigenvalue weighted by Gasteiger charge is -2.13. The summed E-state index contributed by atoms with van der Waals surface area (Å²) in [5.41, 5.74) is 5.63. The van der Waals surface area contributed by atoms with Crippen LogP contribution in [0.2, 0.25) is 0 Å².